The number of piperidine rings is 1. The number of hydrogen-bond donors (Lipinski definition) is 2. The Balaban J connectivity index is 1.32. The number of nitrogens with one attached hydrogen (secondary N) is 1. The molecule has 32 heavy (non-hydrogen) atoms. The van der Waals surface area contributed by atoms with Crippen molar-refractivity contribution >= 4 is 40.7 Å². The molecule has 4 rings (SSSR count). The maximum absolute atomic E-state index is 12.9. The lowest BCUT2D eigenvalue weighted by Crippen LogP contribution is -2.46. The summed E-state index contributed by atoms with van der Waals surface area (Å²) >= 11 is 12.5. The second-order valence-electron chi connectivity index (χ2n) is 8.60. The number of para-hydroxylation sites is 1. The van der Waals surface area contributed by atoms with Crippen LogP contribution in [-0.4, -0.2) is 59.5 Å². The Bertz CT molecular complexity index is 993. The number of amides is 2. The molecule has 8 heteroatoms. The van der Waals surface area contributed by atoms with Gasteiger partial charge in [-0.05, 0) is 55.3 Å². The molecule has 2 unspecified atom stereocenters. The van der Waals surface area contributed by atoms with Gasteiger partial charge in [-0.1, -0.05) is 41.4 Å². The van der Waals surface area contributed by atoms with Crippen molar-refractivity contribution in [3.8, 4) is 0 Å². The van der Waals surface area contributed by atoms with Crippen molar-refractivity contribution in [3.05, 3.63) is 63.6 Å². The maximum Gasteiger partial charge on any atom is 0.236 e. The van der Waals surface area contributed by atoms with E-state index in [1.807, 2.05) is 48.3 Å². The summed E-state index contributed by atoms with van der Waals surface area (Å²) < 4.78 is 0. The van der Waals surface area contributed by atoms with Crippen LogP contribution < -0.4 is 5.32 Å². The molecule has 2 aliphatic rings. The van der Waals surface area contributed by atoms with E-state index in [1.54, 1.807) is 11.0 Å². The molecule has 2 amide bonds. The lowest BCUT2D eigenvalue weighted by molar-refractivity contribution is -0.136. The smallest absolute Gasteiger partial charge is 0.236 e. The quantitative estimate of drug-likeness (QED) is 0.690. The number of aliphatic hydroxyl groups is 1. The Morgan fingerprint density at radius 1 is 1.16 bits per heavy atom. The van der Waals surface area contributed by atoms with Crippen molar-refractivity contribution in [2.24, 2.45) is 5.92 Å². The van der Waals surface area contributed by atoms with E-state index < -0.39 is 6.10 Å². The summed E-state index contributed by atoms with van der Waals surface area (Å²) in [4.78, 5) is 29.1. The van der Waals surface area contributed by atoms with Gasteiger partial charge in [0.25, 0.3) is 0 Å². The van der Waals surface area contributed by atoms with Crippen LogP contribution in [0.2, 0.25) is 10.0 Å². The van der Waals surface area contributed by atoms with Crippen LogP contribution in [0.5, 0.6) is 0 Å². The largest absolute Gasteiger partial charge is 0.391 e. The van der Waals surface area contributed by atoms with E-state index in [-0.39, 0.29) is 30.3 Å². The van der Waals surface area contributed by atoms with Crippen molar-refractivity contribution < 1.29 is 14.7 Å². The molecule has 1 fully saturated rings. The lowest BCUT2D eigenvalue weighted by Gasteiger charge is -2.34. The number of fused-ring (bicyclic) bond motifs is 1. The summed E-state index contributed by atoms with van der Waals surface area (Å²) in [5.74, 6) is -0.118. The molecule has 0 spiro atoms. The van der Waals surface area contributed by atoms with Gasteiger partial charge in [0.05, 0.1) is 18.7 Å². The Labute approximate surface area is 198 Å². The highest BCUT2D eigenvalue weighted by Gasteiger charge is 2.37. The number of likely N-dealkylation sites (tertiary alicyclic amines) is 1. The highest BCUT2D eigenvalue weighted by molar-refractivity contribution is 6.35. The van der Waals surface area contributed by atoms with Crippen LogP contribution in [0, 0.1) is 5.92 Å². The standard InChI is InChI=1S/C24H27Cl2N3O3/c1-28(23-19-11-16(25)12-20(26)18(19)13-21(23)30)14-22(31)29-9-7-15(8-10-29)24(32)27-17-5-3-2-4-6-17/h2-6,11-12,15,21,23,30H,7-10,13-14H2,1H3,(H,27,32). The first-order valence-corrected chi connectivity index (χ1v) is 11.6. The fraction of sp³-hybridized carbons (Fsp3) is 0.417. The molecular formula is C24H27Cl2N3O3. The second-order valence-corrected chi connectivity index (χ2v) is 9.44. The molecule has 170 valence electrons. The minimum absolute atomic E-state index is 0.000130. The van der Waals surface area contributed by atoms with Crippen molar-refractivity contribution in [2.75, 3.05) is 32.0 Å². The molecule has 2 aromatic carbocycles. The molecule has 0 aromatic heterocycles. The van der Waals surface area contributed by atoms with E-state index in [1.165, 1.54) is 0 Å². The van der Waals surface area contributed by atoms with Crippen LogP contribution in [0.15, 0.2) is 42.5 Å². The number of rotatable bonds is 5. The van der Waals surface area contributed by atoms with Gasteiger partial charge in [-0.25, -0.2) is 0 Å². The number of anilines is 1. The van der Waals surface area contributed by atoms with Gasteiger partial charge in [0.1, 0.15) is 0 Å². The number of nitrogens with zero attached hydrogens (tertiary/aromatic N) is 2. The predicted octanol–water partition coefficient (Wildman–Crippen LogP) is 3.76. The second kappa shape index (κ2) is 9.79. The van der Waals surface area contributed by atoms with Crippen LogP contribution in [0.25, 0.3) is 0 Å². The maximum atomic E-state index is 12.9. The lowest BCUT2D eigenvalue weighted by atomic mass is 9.95. The van der Waals surface area contributed by atoms with Crippen LogP contribution >= 0.6 is 23.2 Å². The summed E-state index contributed by atoms with van der Waals surface area (Å²) in [6.45, 7) is 1.26. The number of benzene rings is 2. The highest BCUT2D eigenvalue weighted by atomic mass is 35.5. The topological polar surface area (TPSA) is 72.9 Å². The fourth-order valence-electron chi connectivity index (χ4n) is 4.73. The zero-order valence-electron chi connectivity index (χ0n) is 17.9. The third kappa shape index (κ3) is 4.94. The Morgan fingerprint density at radius 2 is 1.84 bits per heavy atom. The molecule has 0 radical (unpaired) electrons. The number of halogens is 2. The number of hydrogen-bond acceptors (Lipinski definition) is 4. The van der Waals surface area contributed by atoms with Gasteiger partial charge in [-0.2, -0.15) is 0 Å². The van der Waals surface area contributed by atoms with Gasteiger partial charge < -0.3 is 15.3 Å². The SMILES string of the molecule is CN(CC(=O)N1CCC(C(=O)Nc2ccccc2)CC1)C1c2cc(Cl)cc(Cl)c2CC1O. The minimum Gasteiger partial charge on any atom is -0.391 e. The van der Waals surface area contributed by atoms with E-state index in [0.717, 1.165) is 16.8 Å². The normalized spacial score (nSPS) is 21.0. The van der Waals surface area contributed by atoms with Crippen molar-refractivity contribution in [1.29, 1.82) is 0 Å². The average Bonchev–Trinajstić information content (AvgIpc) is 3.10. The number of carbonyl (C=O) groups is 2. The molecule has 2 atom stereocenters. The van der Waals surface area contributed by atoms with E-state index in [0.29, 0.717) is 42.4 Å². The number of carbonyl (C=O) groups excluding carboxylic acids is 2. The first kappa shape index (κ1) is 23.1. The Kier molecular flexibility index (Phi) is 7.05. The van der Waals surface area contributed by atoms with E-state index in [2.05, 4.69) is 5.32 Å². The van der Waals surface area contributed by atoms with Gasteiger partial charge >= 0.3 is 0 Å². The molecule has 1 saturated heterocycles. The van der Waals surface area contributed by atoms with E-state index in [4.69, 9.17) is 23.2 Å². The number of aliphatic hydroxyl groups excluding tert-OH is 1. The molecule has 1 aliphatic heterocycles. The van der Waals surface area contributed by atoms with Gasteiger partial charge in [0, 0.05) is 41.2 Å². The Morgan fingerprint density at radius 3 is 2.53 bits per heavy atom. The summed E-state index contributed by atoms with van der Waals surface area (Å²) in [6, 6.07) is 12.6. The third-order valence-corrected chi connectivity index (χ3v) is 6.97. The van der Waals surface area contributed by atoms with Crippen LogP contribution in [0.1, 0.15) is 30.0 Å². The average molecular weight is 476 g/mol. The molecule has 1 aliphatic carbocycles. The van der Waals surface area contributed by atoms with Crippen molar-refractivity contribution in [3.63, 3.8) is 0 Å². The monoisotopic (exact) mass is 475 g/mol. The van der Waals surface area contributed by atoms with E-state index >= 15 is 0 Å². The summed E-state index contributed by atoms with van der Waals surface area (Å²) in [5, 5.41) is 14.6. The van der Waals surface area contributed by atoms with Crippen LogP contribution in [0.4, 0.5) is 5.69 Å². The molecular weight excluding hydrogens is 449 g/mol. The molecule has 2 aromatic rings. The molecule has 1 heterocycles. The summed E-state index contributed by atoms with van der Waals surface area (Å²) in [7, 11) is 1.83. The molecule has 2 N–H and O–H groups in total. The molecule has 0 bridgehead atoms. The van der Waals surface area contributed by atoms with Gasteiger partial charge in [0.2, 0.25) is 11.8 Å². The first-order valence-electron chi connectivity index (χ1n) is 10.8. The first-order chi connectivity index (χ1) is 15.3. The zero-order valence-corrected chi connectivity index (χ0v) is 19.4. The number of likely N-dealkylation sites (N-methyl/N-ethyl adjacent to an activating group) is 1. The highest BCUT2D eigenvalue weighted by Crippen LogP contribution is 2.40. The minimum atomic E-state index is -0.647. The zero-order chi connectivity index (χ0) is 22.8. The van der Waals surface area contributed by atoms with Crippen LogP contribution in [0.3, 0.4) is 0 Å². The van der Waals surface area contributed by atoms with Gasteiger partial charge in [-0.3, -0.25) is 14.5 Å². The van der Waals surface area contributed by atoms with Crippen molar-refractivity contribution in [1.82, 2.24) is 9.80 Å². The van der Waals surface area contributed by atoms with Gasteiger partial charge in [-0.15, -0.1) is 0 Å². The van der Waals surface area contributed by atoms with Crippen molar-refractivity contribution in [2.45, 2.75) is 31.4 Å². The summed E-state index contributed by atoms with van der Waals surface area (Å²) in [5.41, 5.74) is 2.55. The fourth-order valence-corrected chi connectivity index (χ4v) is 5.32. The van der Waals surface area contributed by atoms with Gasteiger partial charge in [0.15, 0.2) is 0 Å². The Hall–Kier alpha value is -2.12. The summed E-state index contributed by atoms with van der Waals surface area (Å²) in [6.07, 6.45) is 1.06. The third-order valence-electron chi connectivity index (χ3n) is 6.41. The van der Waals surface area contributed by atoms with E-state index in [9.17, 15) is 14.7 Å². The molecule has 6 nitrogen and oxygen atoms in total. The predicted molar refractivity (Wildman–Crippen MR) is 126 cm³/mol. The van der Waals surface area contributed by atoms with Crippen LogP contribution in [-0.2, 0) is 16.0 Å². The molecule has 0 saturated carbocycles.